The molecule has 0 unspecified atom stereocenters. The molecule has 276 valence electrons. The van der Waals surface area contributed by atoms with Crippen molar-refractivity contribution < 1.29 is 4.42 Å². The summed E-state index contributed by atoms with van der Waals surface area (Å²) in [7, 11) is 11.1. The number of aromatic nitrogens is 3. The number of hydrogen-bond donors (Lipinski definition) is 0. The van der Waals surface area contributed by atoms with E-state index in [1.54, 1.807) is 0 Å². The molecule has 11 rings (SSSR count). The molecule has 0 aliphatic carbocycles. The van der Waals surface area contributed by atoms with Crippen molar-refractivity contribution in [3.8, 4) is 56.4 Å². The van der Waals surface area contributed by atoms with Gasteiger partial charge in [-0.25, -0.2) is 15.0 Å². The summed E-state index contributed by atoms with van der Waals surface area (Å²) in [6, 6.07) is 55.8. The van der Waals surface area contributed by atoms with E-state index >= 15 is 0 Å². The van der Waals surface area contributed by atoms with Crippen molar-refractivity contribution in [3.05, 3.63) is 158 Å². The number of rotatable bonds is 5. The molecular weight excluding hydrogens is 725 g/mol. The maximum absolute atomic E-state index is 6.67. The summed E-state index contributed by atoms with van der Waals surface area (Å²) in [5.41, 5.74) is 15.7. The summed E-state index contributed by atoms with van der Waals surface area (Å²) in [6.45, 7) is 0. The van der Waals surface area contributed by atoms with Crippen LogP contribution in [0, 0.1) is 0 Å². The van der Waals surface area contributed by atoms with Crippen molar-refractivity contribution in [1.29, 1.82) is 0 Å². The summed E-state index contributed by atoms with van der Waals surface area (Å²) < 4.78 is 6.67. The van der Waals surface area contributed by atoms with Crippen LogP contribution in [0.1, 0.15) is 0 Å². The minimum absolute atomic E-state index is 0.595. The normalized spacial score (nSPS) is 11.7. The van der Waals surface area contributed by atoms with Crippen molar-refractivity contribution in [1.82, 2.24) is 15.0 Å². The van der Waals surface area contributed by atoms with Crippen molar-refractivity contribution >= 4 is 121 Å². The minimum Gasteiger partial charge on any atom is -0.456 e. The Kier molecular flexibility index (Phi) is 8.42. The van der Waals surface area contributed by atoms with Crippen LogP contribution in [-0.2, 0) is 0 Å². The van der Waals surface area contributed by atoms with Crippen molar-refractivity contribution in [3.63, 3.8) is 0 Å². The van der Waals surface area contributed by atoms with Gasteiger partial charge in [0.25, 0.3) is 0 Å². The molecule has 0 N–H and O–H groups in total. The summed E-state index contributed by atoms with van der Waals surface area (Å²) in [5.74, 6) is 1.85. The zero-order chi connectivity index (χ0) is 40.6. The first-order chi connectivity index (χ1) is 29.3. The third-order valence-corrected chi connectivity index (χ3v) is 12.9. The lowest BCUT2D eigenvalue weighted by Gasteiger charge is -2.20. The lowest BCUT2D eigenvalue weighted by molar-refractivity contribution is 0.669. The quantitative estimate of drug-likeness (QED) is 0.186. The van der Waals surface area contributed by atoms with Crippen LogP contribution >= 0.6 is 0 Å². The van der Waals surface area contributed by atoms with Crippen LogP contribution in [0.3, 0.4) is 0 Å². The summed E-state index contributed by atoms with van der Waals surface area (Å²) in [6.07, 6.45) is 0. The van der Waals surface area contributed by atoms with E-state index in [0.717, 1.165) is 55.3 Å². The Hall–Kier alpha value is -7.11. The van der Waals surface area contributed by atoms with Crippen LogP contribution in [-0.4, -0.2) is 54.2 Å². The number of benzene rings is 9. The Bertz CT molecular complexity index is 3500. The van der Waals surface area contributed by atoms with Gasteiger partial charge in [-0.15, -0.1) is 16.4 Å². The van der Waals surface area contributed by atoms with Crippen LogP contribution in [0.4, 0.5) is 0 Å². The lowest BCUT2D eigenvalue weighted by atomic mass is 9.59. The molecule has 0 aliphatic heterocycles. The maximum atomic E-state index is 6.67. The lowest BCUT2D eigenvalue weighted by Crippen LogP contribution is -2.55. The number of hydrogen-bond acceptors (Lipinski definition) is 4. The van der Waals surface area contributed by atoms with Crippen LogP contribution in [0.15, 0.2) is 162 Å². The molecule has 0 saturated heterocycles. The fourth-order valence-electron chi connectivity index (χ4n) is 9.28. The maximum Gasteiger partial charge on any atom is 0.164 e. The largest absolute Gasteiger partial charge is 0.456 e. The van der Waals surface area contributed by atoms with Gasteiger partial charge in [-0.05, 0) is 91.0 Å². The topological polar surface area (TPSA) is 51.8 Å². The van der Waals surface area contributed by atoms with Gasteiger partial charge in [0.15, 0.2) is 17.5 Å². The van der Waals surface area contributed by atoms with Gasteiger partial charge in [-0.2, -0.15) is 0 Å². The van der Waals surface area contributed by atoms with Gasteiger partial charge >= 0.3 is 0 Å². The first-order valence-electron chi connectivity index (χ1n) is 20.6. The predicted molar refractivity (Wildman–Crippen MR) is 268 cm³/mol. The molecule has 11 aromatic rings. The molecule has 0 amide bonds. The number of fused-ring (bicyclic) bond motifs is 9. The molecule has 0 atom stereocenters. The molecule has 0 bridgehead atoms. The predicted octanol–water partition coefficient (Wildman–Crippen LogP) is 4.86. The molecule has 0 fully saturated rings. The van der Waals surface area contributed by atoms with Gasteiger partial charge in [0, 0.05) is 27.5 Å². The molecule has 0 saturated carbocycles. The first kappa shape index (κ1) is 36.0. The van der Waals surface area contributed by atoms with Gasteiger partial charge in [0.1, 0.15) is 50.4 Å². The monoisotopic (exact) mass is 761 g/mol. The smallest absolute Gasteiger partial charge is 0.164 e. The third kappa shape index (κ3) is 5.79. The fourth-order valence-corrected chi connectivity index (χ4v) is 9.28. The van der Waals surface area contributed by atoms with Gasteiger partial charge in [-0.3, -0.25) is 0 Å². The summed E-state index contributed by atoms with van der Waals surface area (Å²) in [4.78, 5) is 15.3. The molecular formula is C51H36B5N3O. The summed E-state index contributed by atoms with van der Waals surface area (Å²) in [5, 5.41) is 9.72. The molecule has 60 heavy (non-hydrogen) atoms. The van der Waals surface area contributed by atoms with E-state index < -0.39 is 0 Å². The zero-order valence-electron chi connectivity index (χ0n) is 34.3. The van der Waals surface area contributed by atoms with E-state index in [9.17, 15) is 0 Å². The van der Waals surface area contributed by atoms with Crippen LogP contribution < -0.4 is 27.3 Å². The van der Waals surface area contributed by atoms with Gasteiger partial charge in [0.2, 0.25) is 0 Å². The molecule has 9 aromatic carbocycles. The first-order valence-corrected chi connectivity index (χ1v) is 20.6. The van der Waals surface area contributed by atoms with Crippen LogP contribution in [0.25, 0.3) is 111 Å². The Morgan fingerprint density at radius 3 is 1.28 bits per heavy atom. The Balaban J connectivity index is 1.01. The van der Waals surface area contributed by atoms with Gasteiger partial charge in [-0.1, -0.05) is 132 Å². The van der Waals surface area contributed by atoms with Crippen LogP contribution in [0.2, 0.25) is 0 Å². The average Bonchev–Trinajstić information content (AvgIpc) is 3.68. The highest BCUT2D eigenvalue weighted by Crippen LogP contribution is 2.39. The fraction of sp³-hybridized carbons (Fsp3) is 0. The second-order valence-electron chi connectivity index (χ2n) is 16.1. The Morgan fingerprint density at radius 2 is 0.683 bits per heavy atom. The van der Waals surface area contributed by atoms with E-state index in [4.69, 9.17) is 19.4 Å². The molecule has 0 aliphatic rings. The highest BCUT2D eigenvalue weighted by atomic mass is 16.3. The third-order valence-electron chi connectivity index (χ3n) is 12.9. The van der Waals surface area contributed by atoms with E-state index in [-0.39, 0.29) is 0 Å². The van der Waals surface area contributed by atoms with Gasteiger partial charge < -0.3 is 4.42 Å². The Morgan fingerprint density at radius 1 is 0.283 bits per heavy atom. The van der Waals surface area contributed by atoms with E-state index in [1.165, 1.54) is 65.2 Å². The van der Waals surface area contributed by atoms with Crippen molar-refractivity contribution in [2.24, 2.45) is 0 Å². The number of nitrogens with zero attached hydrogens (tertiary/aromatic N) is 3. The van der Waals surface area contributed by atoms with E-state index in [2.05, 4.69) is 167 Å². The van der Waals surface area contributed by atoms with Gasteiger partial charge in [0.05, 0.1) is 0 Å². The number of furan rings is 1. The molecule has 9 heteroatoms. The Labute approximate surface area is 352 Å². The van der Waals surface area contributed by atoms with Crippen molar-refractivity contribution in [2.75, 3.05) is 0 Å². The minimum atomic E-state index is 0.595. The summed E-state index contributed by atoms with van der Waals surface area (Å²) >= 11 is 0. The van der Waals surface area contributed by atoms with E-state index in [0.29, 0.717) is 17.5 Å². The molecule has 0 radical (unpaired) electrons. The highest BCUT2D eigenvalue weighted by Gasteiger charge is 2.18. The molecule has 2 aromatic heterocycles. The van der Waals surface area contributed by atoms with E-state index in [1.807, 2.05) is 30.3 Å². The molecule has 2 heterocycles. The average molecular weight is 761 g/mol. The molecule has 0 spiro atoms. The highest BCUT2D eigenvalue weighted by molar-refractivity contribution is 6.68. The molecule has 4 nitrogen and oxygen atoms in total. The second-order valence-corrected chi connectivity index (χ2v) is 16.1. The zero-order valence-corrected chi connectivity index (χ0v) is 34.3. The SMILES string of the molecule is Bc1c(B)c(B)c(-c2cccc(-c3nc(-c4ccccc4)nc(-c4ccc5c(c4)oc4cc(-c6ccc7c8ccccc8c8ccccc8c7c6)ccc45)n3)c2)c(B)c1B. The second kappa shape index (κ2) is 14.0. The van der Waals surface area contributed by atoms with Crippen molar-refractivity contribution in [2.45, 2.75) is 0 Å². The standard InChI is InChI=1S/C51H36B5N3O/c52-44-43(45(53)47(55)48(56)46(44)54)30-11-8-12-31(23-30)50-57-49(27-9-2-1-3-10-27)58-51(59-50)32-19-22-39-38-21-18-29(25-41(38)60-42(39)26-32)28-17-20-37-35-15-5-4-13-33(35)34-14-6-7-16-36(34)40(37)24-28/h1-26H,52-56H2. The van der Waals surface area contributed by atoms with Crippen LogP contribution in [0.5, 0.6) is 0 Å².